The molecule has 7 nitrogen and oxygen atoms in total. The summed E-state index contributed by atoms with van der Waals surface area (Å²) in [5, 5.41) is 15.2. The van der Waals surface area contributed by atoms with Crippen molar-refractivity contribution in [2.75, 3.05) is 0 Å². The summed E-state index contributed by atoms with van der Waals surface area (Å²) >= 11 is 9.76. The number of thiophene rings is 2. The molecule has 0 N–H and O–H groups in total. The van der Waals surface area contributed by atoms with Crippen LogP contribution >= 0.6 is 34.3 Å². The summed E-state index contributed by atoms with van der Waals surface area (Å²) in [4.78, 5) is 31.2. The number of fused-ring (bicyclic) bond motifs is 18. The first-order valence-corrected chi connectivity index (χ1v) is 33.0. The summed E-state index contributed by atoms with van der Waals surface area (Å²) in [6, 6.07) is 98.1. The molecule has 1 aliphatic rings. The molecule has 0 unspecified atom stereocenters. The summed E-state index contributed by atoms with van der Waals surface area (Å²) in [6.07, 6.45) is 4.70. The zero-order chi connectivity index (χ0) is 61.5. The van der Waals surface area contributed by atoms with Crippen LogP contribution in [-0.4, -0.2) is 34.5 Å². The monoisotopic (exact) mass is 1240 g/mol. The minimum Gasteiger partial charge on any atom is -0.291 e. The summed E-state index contributed by atoms with van der Waals surface area (Å²) in [5.74, 6) is 0.832. The van der Waals surface area contributed by atoms with Crippen molar-refractivity contribution in [2.45, 2.75) is 6.42 Å². The molecule has 0 spiro atoms. The Labute approximate surface area is 546 Å². The molecule has 12 aromatic carbocycles. The topological polar surface area (TPSA) is 82.3 Å². The molecule has 20 rings (SSSR count). The van der Waals surface area contributed by atoms with Crippen LogP contribution < -0.4 is 0 Å². The van der Waals surface area contributed by atoms with Crippen LogP contribution in [0.25, 0.3) is 168 Å². The quantitative estimate of drug-likeness (QED) is 0.171. The number of rotatable bonds is 5. The second-order valence-electron chi connectivity index (χ2n) is 23.4. The lowest BCUT2D eigenvalue weighted by molar-refractivity contribution is 1.09. The van der Waals surface area contributed by atoms with E-state index in [1.807, 2.05) is 79.0 Å². The fourth-order valence-electron chi connectivity index (χ4n) is 13.6. The lowest BCUT2D eigenvalue weighted by Crippen LogP contribution is -2.03. The van der Waals surface area contributed by atoms with Crippen LogP contribution in [0, 0.1) is 0 Å². The molecule has 0 fully saturated rings. The van der Waals surface area contributed by atoms with Gasteiger partial charge in [0, 0.05) is 71.0 Å². The first-order chi connectivity index (χ1) is 46.0. The van der Waals surface area contributed by atoms with Crippen molar-refractivity contribution >= 4 is 140 Å². The Bertz CT molecular complexity index is 6170. The number of nitrogens with zero attached hydrogens (tertiary/aromatic N) is 7. The van der Waals surface area contributed by atoms with Crippen LogP contribution in [0.4, 0.5) is 0 Å². The third-order valence-corrected chi connectivity index (χ3v) is 20.3. The number of hydrogen-bond donors (Lipinski definition) is 0. The molecule has 0 bridgehead atoms. The van der Waals surface area contributed by atoms with Gasteiger partial charge in [0.15, 0.2) is 11.0 Å². The highest BCUT2D eigenvalue weighted by atomic mass is 35.5. The minimum absolute atomic E-state index is 0.428. The number of pyridine rings is 2. The Balaban J connectivity index is 0.000000114. The first kappa shape index (κ1) is 54.6. The Morgan fingerprint density at radius 3 is 1.48 bits per heavy atom. The van der Waals surface area contributed by atoms with Crippen molar-refractivity contribution in [2.24, 2.45) is 0 Å². The van der Waals surface area contributed by atoms with E-state index in [0.717, 1.165) is 109 Å². The standard InChI is InChI=1S/C41H24N4S.C21H12ClN3S.C21H14/c1-2-11-26(12-3-1)37-40(43-38-32-20-18-29(34-16-8-9-21-42-34)24-36(32)46-41(38)44-37)45-35-23-28-14-5-4-13-27(28)22-33(35)31-19-17-25-10-6-7-15-30(25)39(31)45;22-20-18(13-6-2-1-3-7-13)25-21-19(24-20)15-10-9-14(12-17(15)26-21)16-8-4-5-11-23-16;1-2-7-16-12-20-17(11-15(16)6-1)13-21-18-8-4-3-5-14(18)9-10-19(20)21/h1-24H;1-12H;1-12H,13H2. The van der Waals surface area contributed by atoms with Crippen LogP contribution in [0.15, 0.2) is 291 Å². The molecule has 93 heavy (non-hydrogen) atoms. The van der Waals surface area contributed by atoms with E-state index in [1.54, 1.807) is 28.9 Å². The summed E-state index contributed by atoms with van der Waals surface area (Å²) in [5.41, 5.74) is 17.5. The molecule has 1 aliphatic carbocycles. The lowest BCUT2D eigenvalue weighted by atomic mass is 9.98. The largest absolute Gasteiger partial charge is 0.291 e. The third kappa shape index (κ3) is 9.55. The van der Waals surface area contributed by atoms with E-state index in [1.165, 1.54) is 76.1 Å². The first-order valence-electron chi connectivity index (χ1n) is 31.0. The van der Waals surface area contributed by atoms with E-state index in [-0.39, 0.29) is 0 Å². The highest BCUT2D eigenvalue weighted by molar-refractivity contribution is 7.25. The fraction of sp³-hybridized carbons (Fsp3) is 0.0120. The molecule has 0 saturated heterocycles. The van der Waals surface area contributed by atoms with Crippen LogP contribution in [0.1, 0.15) is 11.1 Å². The van der Waals surface area contributed by atoms with E-state index < -0.39 is 0 Å². The van der Waals surface area contributed by atoms with E-state index in [9.17, 15) is 0 Å². The van der Waals surface area contributed by atoms with Crippen molar-refractivity contribution in [1.82, 2.24) is 34.5 Å². The van der Waals surface area contributed by atoms with Gasteiger partial charge in [-0.05, 0) is 121 Å². The zero-order valence-electron chi connectivity index (χ0n) is 49.7. The number of aromatic nitrogens is 7. The van der Waals surface area contributed by atoms with E-state index in [0.29, 0.717) is 5.15 Å². The number of benzene rings is 12. The maximum absolute atomic E-state index is 6.44. The van der Waals surface area contributed by atoms with Gasteiger partial charge in [0.25, 0.3) is 0 Å². The van der Waals surface area contributed by atoms with Crippen LogP contribution in [-0.2, 0) is 6.42 Å². The van der Waals surface area contributed by atoms with Crippen LogP contribution in [0.3, 0.4) is 0 Å². The predicted molar refractivity (Wildman–Crippen MR) is 391 cm³/mol. The highest BCUT2D eigenvalue weighted by Gasteiger charge is 2.25. The van der Waals surface area contributed by atoms with Crippen molar-refractivity contribution in [3.05, 3.63) is 308 Å². The average Bonchev–Trinajstić information content (AvgIpc) is 1.59. The predicted octanol–water partition coefficient (Wildman–Crippen LogP) is 22.8. The molecule has 0 saturated carbocycles. The summed E-state index contributed by atoms with van der Waals surface area (Å²) in [6.45, 7) is 0. The molecule has 19 aromatic rings. The molecular weight excluding hydrogens is 1190 g/mol. The molecule has 0 radical (unpaired) electrons. The average molecular weight is 1240 g/mol. The van der Waals surface area contributed by atoms with Gasteiger partial charge in [-0.1, -0.05) is 236 Å². The number of hydrogen-bond acceptors (Lipinski definition) is 8. The van der Waals surface area contributed by atoms with E-state index in [2.05, 4.69) is 226 Å². The maximum atomic E-state index is 6.44. The second-order valence-corrected chi connectivity index (χ2v) is 25.9. The highest BCUT2D eigenvalue weighted by Crippen LogP contribution is 2.45. The van der Waals surface area contributed by atoms with E-state index in [4.69, 9.17) is 26.6 Å². The Hall–Kier alpha value is -11.3. The van der Waals surface area contributed by atoms with Gasteiger partial charge in [-0.3, -0.25) is 14.5 Å². The van der Waals surface area contributed by atoms with Gasteiger partial charge in [-0.25, -0.2) is 19.9 Å². The van der Waals surface area contributed by atoms with Gasteiger partial charge in [-0.2, -0.15) is 0 Å². The maximum Gasteiger partial charge on any atom is 0.165 e. The molecular formula is C83H50ClN7S2. The fourth-order valence-corrected chi connectivity index (χ4v) is 15.9. The third-order valence-electron chi connectivity index (χ3n) is 18.0. The van der Waals surface area contributed by atoms with E-state index >= 15 is 0 Å². The van der Waals surface area contributed by atoms with Crippen molar-refractivity contribution < 1.29 is 0 Å². The minimum atomic E-state index is 0.428. The van der Waals surface area contributed by atoms with Crippen molar-refractivity contribution in [3.8, 4) is 62.0 Å². The van der Waals surface area contributed by atoms with Crippen molar-refractivity contribution in [3.63, 3.8) is 0 Å². The molecule has 7 heterocycles. The Morgan fingerprint density at radius 1 is 0.344 bits per heavy atom. The van der Waals surface area contributed by atoms with Gasteiger partial charge >= 0.3 is 0 Å². The molecule has 0 amide bonds. The molecule has 0 atom stereocenters. The van der Waals surface area contributed by atoms with Crippen LogP contribution in [0.2, 0.25) is 5.15 Å². The lowest BCUT2D eigenvalue weighted by Gasteiger charge is -2.14. The van der Waals surface area contributed by atoms with Gasteiger partial charge in [0.2, 0.25) is 0 Å². The van der Waals surface area contributed by atoms with Gasteiger partial charge in [-0.15, -0.1) is 22.7 Å². The second kappa shape index (κ2) is 22.6. The van der Waals surface area contributed by atoms with Gasteiger partial charge < -0.3 is 0 Å². The van der Waals surface area contributed by atoms with Gasteiger partial charge in [0.1, 0.15) is 32.1 Å². The molecule has 10 heteroatoms. The molecule has 0 aliphatic heterocycles. The van der Waals surface area contributed by atoms with Crippen LogP contribution in [0.5, 0.6) is 0 Å². The molecule has 7 aromatic heterocycles. The zero-order valence-corrected chi connectivity index (χ0v) is 52.1. The Kier molecular flexibility index (Phi) is 13.2. The molecule has 436 valence electrons. The summed E-state index contributed by atoms with van der Waals surface area (Å²) in [7, 11) is 0. The number of halogens is 1. The van der Waals surface area contributed by atoms with Gasteiger partial charge in [0.05, 0.1) is 22.4 Å². The summed E-state index contributed by atoms with van der Waals surface area (Å²) < 4.78 is 4.64. The Morgan fingerprint density at radius 2 is 0.849 bits per heavy atom. The SMILES string of the molecule is Clc1nc2c(nc1-c1ccccc1)sc1cc(-c3ccccn3)ccc12.c1ccc(-c2nc3sc4cc(-c5ccccn5)ccc4c3nc2-n2c3cc4ccccc4cc3c3ccc4ccccc4c32)cc1.c1ccc2cc3c(cc2c1)Cc1c-3ccc2ccccc12. The normalized spacial score (nSPS) is 11.9. The smallest absolute Gasteiger partial charge is 0.165 e. The van der Waals surface area contributed by atoms with Crippen molar-refractivity contribution in [1.29, 1.82) is 0 Å².